The van der Waals surface area contributed by atoms with Gasteiger partial charge < -0.3 is 0 Å². The summed E-state index contributed by atoms with van der Waals surface area (Å²) in [5.74, 6) is 0. The molecule has 0 atom stereocenters. The summed E-state index contributed by atoms with van der Waals surface area (Å²) < 4.78 is 1.83. The molecule has 0 aliphatic heterocycles. The molecule has 19 heavy (non-hydrogen) atoms. The number of rotatable bonds is 1. The van der Waals surface area contributed by atoms with Crippen molar-refractivity contribution < 1.29 is 4.92 Å². The topological polar surface area (TPSA) is 100 Å². The average molecular weight is 305 g/mol. The van der Waals surface area contributed by atoms with Crippen LogP contribution in [-0.4, -0.2) is 19.0 Å². The first kappa shape index (κ1) is 13.5. The fourth-order valence-electron chi connectivity index (χ4n) is 1.67. The molecule has 0 aliphatic carbocycles. The molecule has 2 heterocycles. The van der Waals surface area contributed by atoms with Crippen LogP contribution in [0.3, 0.4) is 0 Å². The number of pyridine rings is 1. The van der Waals surface area contributed by atoms with E-state index in [2.05, 4.69) is 4.98 Å². The van der Waals surface area contributed by atoms with Crippen LogP contribution >= 0.6 is 23.2 Å². The molecule has 0 aromatic carbocycles. The van der Waals surface area contributed by atoms with Gasteiger partial charge in [-0.05, 0) is 0 Å². The van der Waals surface area contributed by atoms with Crippen LogP contribution < -0.4 is 11.2 Å². The molecule has 0 spiro atoms. The Labute approximate surface area is 115 Å². The summed E-state index contributed by atoms with van der Waals surface area (Å²) in [7, 11) is 2.59. The lowest BCUT2D eigenvalue weighted by atomic mass is 10.3. The van der Waals surface area contributed by atoms with Crippen LogP contribution in [0.15, 0.2) is 9.59 Å². The first-order valence-corrected chi connectivity index (χ1v) is 5.62. The Bertz CT molecular complexity index is 839. The Kier molecular flexibility index (Phi) is 3.07. The van der Waals surface area contributed by atoms with E-state index < -0.39 is 32.0 Å². The molecule has 2 aromatic heterocycles. The summed E-state index contributed by atoms with van der Waals surface area (Å²) in [6.07, 6.45) is 0. The van der Waals surface area contributed by atoms with Crippen molar-refractivity contribution in [3.63, 3.8) is 0 Å². The molecule has 2 aromatic rings. The van der Waals surface area contributed by atoms with Crippen molar-refractivity contribution in [2.24, 2.45) is 14.1 Å². The maximum absolute atomic E-state index is 12.0. The van der Waals surface area contributed by atoms with Crippen LogP contribution in [0.1, 0.15) is 0 Å². The number of hydrogen-bond donors (Lipinski definition) is 0. The maximum atomic E-state index is 12.0. The van der Waals surface area contributed by atoms with Crippen LogP contribution in [0.25, 0.3) is 11.0 Å². The van der Waals surface area contributed by atoms with Crippen LogP contribution in [-0.2, 0) is 14.1 Å². The number of aromatic nitrogens is 3. The fraction of sp³-hybridized carbons (Fsp3) is 0.222. The summed E-state index contributed by atoms with van der Waals surface area (Å²) in [6, 6.07) is 0. The van der Waals surface area contributed by atoms with E-state index >= 15 is 0 Å². The van der Waals surface area contributed by atoms with Crippen LogP contribution in [0, 0.1) is 10.1 Å². The molecule has 100 valence electrons. The third kappa shape index (κ3) is 1.80. The van der Waals surface area contributed by atoms with Crippen molar-refractivity contribution in [2.75, 3.05) is 0 Å². The monoisotopic (exact) mass is 304 g/mol. The van der Waals surface area contributed by atoms with E-state index in [0.29, 0.717) is 0 Å². The van der Waals surface area contributed by atoms with Gasteiger partial charge in [0.1, 0.15) is 10.4 Å². The lowest BCUT2D eigenvalue weighted by molar-refractivity contribution is -0.384. The predicted octanol–water partition coefficient (Wildman–Crippen LogP) is 0.847. The standard InChI is InChI=1S/C9H6Cl2N4O4/c1-13-7-3(8(16)14(2)9(13)17)4(10)5(15(18)19)6(11)12-7/h1-2H3. The number of halogens is 2. The Morgan fingerprint density at radius 3 is 2.32 bits per heavy atom. The zero-order chi connectivity index (χ0) is 14.5. The molecule has 0 amide bonds. The molecular weight excluding hydrogens is 299 g/mol. The minimum atomic E-state index is -0.832. The van der Waals surface area contributed by atoms with Crippen molar-refractivity contribution in [1.29, 1.82) is 0 Å². The Morgan fingerprint density at radius 1 is 1.21 bits per heavy atom. The van der Waals surface area contributed by atoms with Gasteiger partial charge in [0, 0.05) is 14.1 Å². The Morgan fingerprint density at radius 2 is 1.79 bits per heavy atom. The van der Waals surface area contributed by atoms with Crippen molar-refractivity contribution in [2.45, 2.75) is 0 Å². The molecule has 0 saturated heterocycles. The molecule has 10 heteroatoms. The highest BCUT2D eigenvalue weighted by Gasteiger charge is 2.26. The molecule has 0 radical (unpaired) electrons. The molecule has 8 nitrogen and oxygen atoms in total. The van der Waals surface area contributed by atoms with E-state index in [4.69, 9.17) is 23.2 Å². The summed E-state index contributed by atoms with van der Waals surface area (Å²) in [6.45, 7) is 0. The number of aryl methyl sites for hydroxylation is 1. The van der Waals surface area contributed by atoms with E-state index in [1.54, 1.807) is 0 Å². The van der Waals surface area contributed by atoms with Gasteiger partial charge in [-0.25, -0.2) is 9.78 Å². The maximum Gasteiger partial charge on any atom is 0.332 e. The summed E-state index contributed by atoms with van der Waals surface area (Å²) in [5, 5.41) is 9.72. The minimum Gasteiger partial charge on any atom is -0.280 e. The second-order valence-electron chi connectivity index (χ2n) is 3.73. The Hall–Kier alpha value is -1.93. The first-order valence-electron chi connectivity index (χ1n) is 4.86. The molecule has 2 rings (SSSR count). The third-order valence-corrected chi connectivity index (χ3v) is 3.27. The van der Waals surface area contributed by atoms with Gasteiger partial charge in [0.05, 0.1) is 4.92 Å². The van der Waals surface area contributed by atoms with Crippen molar-refractivity contribution >= 4 is 39.9 Å². The van der Waals surface area contributed by atoms with Gasteiger partial charge in [-0.3, -0.25) is 24.0 Å². The van der Waals surface area contributed by atoms with E-state index in [9.17, 15) is 19.7 Å². The number of hydrogen-bond acceptors (Lipinski definition) is 5. The molecule has 0 unspecified atom stereocenters. The van der Waals surface area contributed by atoms with Gasteiger partial charge in [-0.2, -0.15) is 0 Å². The van der Waals surface area contributed by atoms with Gasteiger partial charge in [0.25, 0.3) is 5.56 Å². The SMILES string of the molecule is Cn1c(=O)c2c(Cl)c([N+](=O)[O-])c(Cl)nc2n(C)c1=O. The van der Waals surface area contributed by atoms with Gasteiger partial charge in [-0.1, -0.05) is 23.2 Å². The minimum absolute atomic E-state index is 0.103. The largest absolute Gasteiger partial charge is 0.332 e. The quantitative estimate of drug-likeness (QED) is 0.441. The zero-order valence-corrected chi connectivity index (χ0v) is 11.2. The third-order valence-electron chi connectivity index (χ3n) is 2.64. The Balaban J connectivity index is 3.21. The van der Waals surface area contributed by atoms with E-state index in [-0.39, 0.29) is 11.0 Å². The molecule has 0 bridgehead atoms. The van der Waals surface area contributed by atoms with Gasteiger partial charge in [-0.15, -0.1) is 0 Å². The van der Waals surface area contributed by atoms with Crippen LogP contribution in [0.4, 0.5) is 5.69 Å². The predicted molar refractivity (Wildman–Crippen MR) is 68.9 cm³/mol. The molecule has 0 aliphatic rings. The second-order valence-corrected chi connectivity index (χ2v) is 4.46. The average Bonchev–Trinajstić information content (AvgIpc) is 2.32. The van der Waals surface area contributed by atoms with Crippen LogP contribution in [0.5, 0.6) is 0 Å². The zero-order valence-electron chi connectivity index (χ0n) is 9.68. The summed E-state index contributed by atoms with van der Waals surface area (Å²) in [5.41, 5.74) is -2.17. The van der Waals surface area contributed by atoms with E-state index in [0.717, 1.165) is 9.13 Å². The first-order chi connectivity index (χ1) is 8.77. The molecular formula is C9H6Cl2N4O4. The van der Waals surface area contributed by atoms with Crippen molar-refractivity contribution in [3.05, 3.63) is 41.1 Å². The lowest BCUT2D eigenvalue weighted by Gasteiger charge is -2.08. The van der Waals surface area contributed by atoms with Crippen molar-refractivity contribution in [1.82, 2.24) is 14.1 Å². The second kappa shape index (κ2) is 4.32. The number of nitro groups is 1. The molecule has 0 fully saturated rings. The highest BCUT2D eigenvalue weighted by Crippen LogP contribution is 2.34. The summed E-state index contributed by atoms with van der Waals surface area (Å²) >= 11 is 11.5. The smallest absolute Gasteiger partial charge is 0.280 e. The van der Waals surface area contributed by atoms with Crippen molar-refractivity contribution in [3.8, 4) is 0 Å². The van der Waals surface area contributed by atoms with E-state index in [1.165, 1.54) is 14.1 Å². The highest BCUT2D eigenvalue weighted by atomic mass is 35.5. The number of nitrogens with zero attached hydrogens (tertiary/aromatic N) is 4. The van der Waals surface area contributed by atoms with Gasteiger partial charge >= 0.3 is 11.4 Å². The van der Waals surface area contributed by atoms with E-state index in [1.807, 2.05) is 0 Å². The number of fused-ring (bicyclic) bond motifs is 1. The normalized spacial score (nSPS) is 10.9. The van der Waals surface area contributed by atoms with Crippen LogP contribution in [0.2, 0.25) is 10.2 Å². The van der Waals surface area contributed by atoms with Gasteiger partial charge in [0.15, 0.2) is 5.65 Å². The fourth-order valence-corrected chi connectivity index (χ4v) is 2.28. The molecule has 0 N–H and O–H groups in total. The van der Waals surface area contributed by atoms with Gasteiger partial charge in [0.2, 0.25) is 5.15 Å². The summed E-state index contributed by atoms with van der Waals surface area (Å²) in [4.78, 5) is 37.4. The highest BCUT2D eigenvalue weighted by molar-refractivity contribution is 6.41. The lowest BCUT2D eigenvalue weighted by Crippen LogP contribution is -2.37. The molecule has 0 saturated carbocycles.